The number of nitrogens with zero attached hydrogens (tertiary/aromatic N) is 4. The lowest BCUT2D eigenvalue weighted by molar-refractivity contribution is 0.0536. The number of carbonyl (C=O) groups is 2. The number of carbonyl (C=O) groups excluding carboxylic acids is 2. The van der Waals surface area contributed by atoms with Gasteiger partial charge in [-0.05, 0) is 24.3 Å². The summed E-state index contributed by atoms with van der Waals surface area (Å²) in [7, 11) is 1.94. The van der Waals surface area contributed by atoms with Gasteiger partial charge in [-0.25, -0.2) is 0 Å². The fourth-order valence-corrected chi connectivity index (χ4v) is 3.70. The van der Waals surface area contributed by atoms with Crippen molar-refractivity contribution in [3.8, 4) is 6.07 Å². The van der Waals surface area contributed by atoms with Gasteiger partial charge in [-0.15, -0.1) is 0 Å². The van der Waals surface area contributed by atoms with E-state index in [1.54, 1.807) is 34.1 Å². The minimum atomic E-state index is -0.102. The predicted molar refractivity (Wildman–Crippen MR) is 106 cm³/mol. The summed E-state index contributed by atoms with van der Waals surface area (Å²) in [6.45, 7) is 1.94. The molecule has 1 aliphatic rings. The number of benzene rings is 2. The zero-order valence-corrected chi connectivity index (χ0v) is 15.6. The highest BCUT2D eigenvalue weighted by Crippen LogP contribution is 2.22. The zero-order chi connectivity index (χ0) is 19.7. The third-order valence-corrected chi connectivity index (χ3v) is 5.22. The van der Waals surface area contributed by atoms with Crippen LogP contribution < -0.4 is 0 Å². The van der Waals surface area contributed by atoms with Crippen LogP contribution in [0.1, 0.15) is 26.3 Å². The highest BCUT2D eigenvalue weighted by Gasteiger charge is 2.27. The molecule has 1 fully saturated rings. The molecule has 0 unspecified atom stereocenters. The number of aromatic nitrogens is 1. The van der Waals surface area contributed by atoms with E-state index in [0.717, 1.165) is 10.9 Å². The van der Waals surface area contributed by atoms with E-state index in [-0.39, 0.29) is 11.8 Å². The Morgan fingerprint density at radius 3 is 2.32 bits per heavy atom. The van der Waals surface area contributed by atoms with Gasteiger partial charge in [0.2, 0.25) is 0 Å². The number of para-hydroxylation sites is 1. The number of hydrogen-bond donors (Lipinski definition) is 0. The standard InChI is InChI=1S/C22H20N4O2/c1-24-15-19(18-7-2-3-8-20(18)24)22(28)26-11-9-25(10-12-26)21(27)17-6-4-5-16(13-17)14-23/h2-8,13,15H,9-12H2,1H3. The minimum Gasteiger partial charge on any atom is -0.350 e. The summed E-state index contributed by atoms with van der Waals surface area (Å²) in [5.74, 6) is -0.107. The van der Waals surface area contributed by atoms with E-state index >= 15 is 0 Å². The first kappa shape index (κ1) is 17.8. The van der Waals surface area contributed by atoms with E-state index in [0.29, 0.717) is 42.9 Å². The number of piperazine rings is 1. The largest absolute Gasteiger partial charge is 0.350 e. The van der Waals surface area contributed by atoms with Crippen molar-refractivity contribution in [2.75, 3.05) is 26.2 Å². The van der Waals surface area contributed by atoms with E-state index in [4.69, 9.17) is 5.26 Å². The summed E-state index contributed by atoms with van der Waals surface area (Å²) in [6, 6.07) is 16.6. The van der Waals surface area contributed by atoms with Gasteiger partial charge in [-0.3, -0.25) is 9.59 Å². The maximum Gasteiger partial charge on any atom is 0.256 e. The van der Waals surface area contributed by atoms with Crippen molar-refractivity contribution in [2.45, 2.75) is 0 Å². The van der Waals surface area contributed by atoms with Crippen molar-refractivity contribution in [3.63, 3.8) is 0 Å². The van der Waals surface area contributed by atoms with E-state index in [9.17, 15) is 9.59 Å². The molecule has 4 rings (SSSR count). The molecule has 0 N–H and O–H groups in total. The molecule has 0 aliphatic carbocycles. The Morgan fingerprint density at radius 2 is 1.61 bits per heavy atom. The van der Waals surface area contributed by atoms with Crippen molar-refractivity contribution in [1.82, 2.24) is 14.4 Å². The maximum absolute atomic E-state index is 13.0. The molecule has 0 radical (unpaired) electrons. The van der Waals surface area contributed by atoms with Gasteiger partial charge in [0, 0.05) is 55.9 Å². The molecule has 6 nitrogen and oxygen atoms in total. The molecule has 2 aromatic carbocycles. The second kappa shape index (κ2) is 7.20. The normalized spacial score (nSPS) is 14.1. The fourth-order valence-electron chi connectivity index (χ4n) is 3.70. The second-order valence-electron chi connectivity index (χ2n) is 6.95. The molecule has 1 aromatic heterocycles. The van der Waals surface area contributed by atoms with Gasteiger partial charge in [-0.2, -0.15) is 5.26 Å². The monoisotopic (exact) mass is 372 g/mol. The van der Waals surface area contributed by atoms with Crippen LogP contribution in [0.5, 0.6) is 0 Å². The molecule has 0 atom stereocenters. The molecular formula is C22H20N4O2. The Labute approximate surface area is 163 Å². The summed E-state index contributed by atoms with van der Waals surface area (Å²) in [5, 5.41) is 9.96. The third kappa shape index (κ3) is 3.12. The van der Waals surface area contributed by atoms with Crippen molar-refractivity contribution in [2.24, 2.45) is 7.05 Å². The molecule has 28 heavy (non-hydrogen) atoms. The van der Waals surface area contributed by atoms with Crippen LogP contribution in [-0.2, 0) is 7.05 Å². The molecule has 1 aliphatic heterocycles. The zero-order valence-electron chi connectivity index (χ0n) is 15.6. The smallest absolute Gasteiger partial charge is 0.256 e. The molecule has 2 heterocycles. The van der Waals surface area contributed by atoms with Crippen LogP contribution in [0.2, 0.25) is 0 Å². The molecule has 3 aromatic rings. The number of nitriles is 1. The molecule has 6 heteroatoms. The summed E-state index contributed by atoms with van der Waals surface area (Å²) < 4.78 is 1.96. The molecular weight excluding hydrogens is 352 g/mol. The van der Waals surface area contributed by atoms with E-state index in [1.807, 2.05) is 42.1 Å². The van der Waals surface area contributed by atoms with Crippen LogP contribution in [0.25, 0.3) is 10.9 Å². The van der Waals surface area contributed by atoms with Gasteiger partial charge in [0.1, 0.15) is 0 Å². The van der Waals surface area contributed by atoms with Crippen LogP contribution in [0.3, 0.4) is 0 Å². The Morgan fingerprint density at radius 1 is 0.929 bits per heavy atom. The van der Waals surface area contributed by atoms with Crippen molar-refractivity contribution in [1.29, 1.82) is 5.26 Å². The molecule has 140 valence electrons. The number of rotatable bonds is 2. The summed E-state index contributed by atoms with van der Waals surface area (Å²) in [4.78, 5) is 29.3. The second-order valence-corrected chi connectivity index (χ2v) is 6.95. The molecule has 2 amide bonds. The van der Waals surface area contributed by atoms with Crippen molar-refractivity contribution < 1.29 is 9.59 Å². The van der Waals surface area contributed by atoms with Gasteiger partial charge in [0.15, 0.2) is 0 Å². The first-order chi connectivity index (χ1) is 13.6. The Bertz CT molecular complexity index is 1100. The van der Waals surface area contributed by atoms with Crippen LogP contribution in [0.15, 0.2) is 54.7 Å². The van der Waals surface area contributed by atoms with Crippen molar-refractivity contribution in [3.05, 3.63) is 71.4 Å². The number of hydrogen-bond acceptors (Lipinski definition) is 3. The minimum absolute atomic E-state index is 0.00428. The average molecular weight is 372 g/mol. The highest BCUT2D eigenvalue weighted by molar-refractivity contribution is 6.07. The first-order valence-corrected chi connectivity index (χ1v) is 9.21. The van der Waals surface area contributed by atoms with Crippen LogP contribution in [0, 0.1) is 11.3 Å². The number of amides is 2. The third-order valence-electron chi connectivity index (χ3n) is 5.22. The van der Waals surface area contributed by atoms with Crippen molar-refractivity contribution >= 4 is 22.7 Å². The predicted octanol–water partition coefficient (Wildman–Crippen LogP) is 2.65. The Balaban J connectivity index is 1.47. The fraction of sp³-hybridized carbons (Fsp3) is 0.227. The maximum atomic E-state index is 13.0. The van der Waals surface area contributed by atoms with E-state index in [2.05, 4.69) is 6.07 Å². The van der Waals surface area contributed by atoms with E-state index in [1.165, 1.54) is 0 Å². The number of aryl methyl sites for hydroxylation is 1. The molecule has 1 saturated heterocycles. The average Bonchev–Trinajstić information content (AvgIpc) is 3.09. The lowest BCUT2D eigenvalue weighted by atomic mass is 10.1. The van der Waals surface area contributed by atoms with E-state index < -0.39 is 0 Å². The molecule has 0 spiro atoms. The van der Waals surface area contributed by atoms with Gasteiger partial charge in [-0.1, -0.05) is 24.3 Å². The Kier molecular flexibility index (Phi) is 4.58. The topological polar surface area (TPSA) is 69.3 Å². The van der Waals surface area contributed by atoms with Gasteiger partial charge in [0.25, 0.3) is 11.8 Å². The van der Waals surface area contributed by atoms with Crippen LogP contribution in [0.4, 0.5) is 0 Å². The SMILES string of the molecule is Cn1cc(C(=O)N2CCN(C(=O)c3cccc(C#N)c3)CC2)c2ccccc21. The molecule has 0 saturated carbocycles. The van der Waals surface area contributed by atoms with Crippen LogP contribution in [-0.4, -0.2) is 52.4 Å². The first-order valence-electron chi connectivity index (χ1n) is 9.21. The van der Waals surface area contributed by atoms with Gasteiger partial charge < -0.3 is 14.4 Å². The summed E-state index contributed by atoms with van der Waals surface area (Å²) >= 11 is 0. The summed E-state index contributed by atoms with van der Waals surface area (Å²) in [6.07, 6.45) is 1.87. The molecule has 0 bridgehead atoms. The summed E-state index contributed by atoms with van der Waals surface area (Å²) in [5.41, 5.74) is 2.69. The Hall–Kier alpha value is -3.59. The lowest BCUT2D eigenvalue weighted by Crippen LogP contribution is -2.50. The van der Waals surface area contributed by atoms with Gasteiger partial charge in [0.05, 0.1) is 17.2 Å². The highest BCUT2D eigenvalue weighted by atomic mass is 16.2. The quantitative estimate of drug-likeness (QED) is 0.694. The number of fused-ring (bicyclic) bond motifs is 1. The lowest BCUT2D eigenvalue weighted by Gasteiger charge is -2.34. The van der Waals surface area contributed by atoms with Crippen LogP contribution >= 0.6 is 0 Å². The van der Waals surface area contributed by atoms with Gasteiger partial charge >= 0.3 is 0 Å².